The summed E-state index contributed by atoms with van der Waals surface area (Å²) < 4.78 is 0. The summed E-state index contributed by atoms with van der Waals surface area (Å²) in [4.78, 5) is 13.6. The Morgan fingerprint density at radius 1 is 1.42 bits per heavy atom. The molecule has 0 saturated heterocycles. The molecule has 2 unspecified atom stereocenters. The maximum Gasteiger partial charge on any atom is 0.242 e. The fraction of sp³-hybridized carbons (Fsp3) is 0.667. The lowest BCUT2D eigenvalue weighted by atomic mass is 9.96. The highest BCUT2D eigenvalue weighted by atomic mass is 32.1. The number of nitrogens with one attached hydrogen (secondary N) is 1. The van der Waals surface area contributed by atoms with Crippen LogP contribution in [0.3, 0.4) is 0 Å². The lowest BCUT2D eigenvalue weighted by Crippen LogP contribution is -2.40. The molecule has 1 aromatic heterocycles. The normalized spacial score (nSPS) is 17.7. The van der Waals surface area contributed by atoms with Crippen molar-refractivity contribution in [2.24, 2.45) is 11.7 Å². The molecule has 0 saturated carbocycles. The van der Waals surface area contributed by atoms with Crippen LogP contribution in [0.15, 0.2) is 0 Å². The van der Waals surface area contributed by atoms with Gasteiger partial charge in [0.2, 0.25) is 5.91 Å². The number of carbonyl (C=O) groups is 1. The molecule has 0 fully saturated rings. The van der Waals surface area contributed by atoms with E-state index in [-0.39, 0.29) is 11.8 Å². The predicted octanol–water partition coefficient (Wildman–Crippen LogP) is 3.25. The summed E-state index contributed by atoms with van der Waals surface area (Å²) in [6.07, 6.45) is 5.78. The predicted molar refractivity (Wildman–Crippen MR) is 81.8 cm³/mol. The third-order valence-corrected chi connectivity index (χ3v) is 5.54. The maximum atomic E-state index is 12.1. The Labute approximate surface area is 119 Å². The van der Waals surface area contributed by atoms with Crippen LogP contribution in [0.2, 0.25) is 0 Å². The summed E-state index contributed by atoms with van der Waals surface area (Å²) in [5.74, 6) is 0.172. The monoisotopic (exact) mass is 280 g/mol. The van der Waals surface area contributed by atoms with E-state index < -0.39 is 6.04 Å². The van der Waals surface area contributed by atoms with Gasteiger partial charge in [0.25, 0.3) is 0 Å². The summed E-state index contributed by atoms with van der Waals surface area (Å²) >= 11 is 1.74. The minimum Gasteiger partial charge on any atom is -0.320 e. The van der Waals surface area contributed by atoms with Crippen LogP contribution in [0.4, 0.5) is 5.00 Å². The molecule has 1 heterocycles. The minimum absolute atomic E-state index is 0.0453. The topological polar surface area (TPSA) is 55.1 Å². The van der Waals surface area contributed by atoms with E-state index in [1.807, 2.05) is 6.92 Å². The molecule has 2 rings (SSSR count). The van der Waals surface area contributed by atoms with Crippen LogP contribution in [0, 0.1) is 12.8 Å². The molecule has 0 bridgehead atoms. The Hall–Kier alpha value is -0.870. The number of hydrogen-bond donors (Lipinski definition) is 2. The first kappa shape index (κ1) is 14.5. The summed E-state index contributed by atoms with van der Waals surface area (Å²) in [5.41, 5.74) is 8.70. The van der Waals surface area contributed by atoms with E-state index in [0.29, 0.717) is 0 Å². The lowest BCUT2D eigenvalue weighted by Gasteiger charge is -2.17. The van der Waals surface area contributed by atoms with Gasteiger partial charge in [-0.3, -0.25) is 4.79 Å². The van der Waals surface area contributed by atoms with Gasteiger partial charge in [-0.25, -0.2) is 0 Å². The molecular formula is C15H24N2OS. The Morgan fingerprint density at radius 3 is 2.74 bits per heavy atom. The molecule has 4 heteroatoms. The third-order valence-electron chi connectivity index (χ3n) is 4.23. The van der Waals surface area contributed by atoms with Gasteiger partial charge in [-0.1, -0.05) is 20.3 Å². The second-order valence-corrected chi connectivity index (χ2v) is 6.67. The fourth-order valence-corrected chi connectivity index (χ4v) is 3.85. The van der Waals surface area contributed by atoms with Gasteiger partial charge >= 0.3 is 0 Å². The number of anilines is 1. The lowest BCUT2D eigenvalue weighted by molar-refractivity contribution is -0.118. The van der Waals surface area contributed by atoms with E-state index in [4.69, 9.17) is 5.73 Å². The number of thiophene rings is 1. The van der Waals surface area contributed by atoms with Crippen molar-refractivity contribution in [1.29, 1.82) is 0 Å². The second-order valence-electron chi connectivity index (χ2n) is 5.57. The number of carbonyl (C=O) groups excluding carboxylic acids is 1. The number of nitrogens with two attached hydrogens (primary N) is 1. The first-order chi connectivity index (χ1) is 9.04. The SMILES string of the molecule is CCC(C)C(N)C(=O)Nc1sc2c(c1C)CCCC2. The molecule has 106 valence electrons. The molecule has 0 radical (unpaired) electrons. The van der Waals surface area contributed by atoms with Crippen LogP contribution >= 0.6 is 11.3 Å². The average Bonchev–Trinajstić information content (AvgIpc) is 2.74. The molecular weight excluding hydrogens is 256 g/mol. The molecule has 0 aliphatic heterocycles. The smallest absolute Gasteiger partial charge is 0.242 e. The highest BCUT2D eigenvalue weighted by Gasteiger charge is 2.23. The summed E-state index contributed by atoms with van der Waals surface area (Å²) in [7, 11) is 0. The van der Waals surface area contributed by atoms with E-state index >= 15 is 0 Å². The molecule has 0 aromatic carbocycles. The van der Waals surface area contributed by atoms with Gasteiger partial charge in [0, 0.05) is 4.88 Å². The summed E-state index contributed by atoms with van der Waals surface area (Å²) in [6.45, 7) is 6.20. The van der Waals surface area contributed by atoms with Crippen molar-refractivity contribution >= 4 is 22.2 Å². The number of rotatable bonds is 4. The molecule has 2 atom stereocenters. The zero-order valence-electron chi connectivity index (χ0n) is 12.1. The Balaban J connectivity index is 2.11. The second kappa shape index (κ2) is 6.06. The molecule has 1 aliphatic carbocycles. The molecule has 0 spiro atoms. The van der Waals surface area contributed by atoms with Crippen LogP contribution in [-0.4, -0.2) is 11.9 Å². The molecule has 19 heavy (non-hydrogen) atoms. The average molecular weight is 280 g/mol. The van der Waals surface area contributed by atoms with Crippen LogP contribution in [-0.2, 0) is 17.6 Å². The van der Waals surface area contributed by atoms with Crippen LogP contribution in [0.1, 0.15) is 49.1 Å². The number of fused-ring (bicyclic) bond motifs is 1. The molecule has 1 amide bonds. The van der Waals surface area contributed by atoms with Crippen LogP contribution < -0.4 is 11.1 Å². The van der Waals surface area contributed by atoms with E-state index in [1.165, 1.54) is 28.8 Å². The maximum absolute atomic E-state index is 12.1. The van der Waals surface area contributed by atoms with Crippen molar-refractivity contribution in [2.75, 3.05) is 5.32 Å². The highest BCUT2D eigenvalue weighted by molar-refractivity contribution is 7.16. The van der Waals surface area contributed by atoms with E-state index in [9.17, 15) is 4.79 Å². The van der Waals surface area contributed by atoms with Gasteiger partial charge in [0.15, 0.2) is 0 Å². The van der Waals surface area contributed by atoms with E-state index in [0.717, 1.165) is 24.3 Å². The molecule has 1 aromatic rings. The Bertz CT molecular complexity index is 467. The minimum atomic E-state index is -0.413. The van der Waals surface area contributed by atoms with Gasteiger partial charge in [-0.2, -0.15) is 0 Å². The first-order valence-electron chi connectivity index (χ1n) is 7.22. The highest BCUT2D eigenvalue weighted by Crippen LogP contribution is 2.37. The fourth-order valence-electron chi connectivity index (χ4n) is 2.55. The van der Waals surface area contributed by atoms with Crippen molar-refractivity contribution in [3.05, 3.63) is 16.0 Å². The summed E-state index contributed by atoms with van der Waals surface area (Å²) in [5, 5.41) is 4.05. The number of hydrogen-bond acceptors (Lipinski definition) is 3. The Kier molecular flexibility index (Phi) is 4.63. The first-order valence-corrected chi connectivity index (χ1v) is 8.03. The van der Waals surface area contributed by atoms with Crippen molar-refractivity contribution in [3.63, 3.8) is 0 Å². The van der Waals surface area contributed by atoms with Gasteiger partial charge in [0.1, 0.15) is 0 Å². The molecule has 1 aliphatic rings. The van der Waals surface area contributed by atoms with Gasteiger partial charge in [-0.05, 0) is 49.7 Å². The largest absolute Gasteiger partial charge is 0.320 e. The van der Waals surface area contributed by atoms with Crippen LogP contribution in [0.5, 0.6) is 0 Å². The van der Waals surface area contributed by atoms with Crippen LogP contribution in [0.25, 0.3) is 0 Å². The molecule has 3 nitrogen and oxygen atoms in total. The van der Waals surface area contributed by atoms with Crippen molar-refractivity contribution in [3.8, 4) is 0 Å². The van der Waals surface area contributed by atoms with Gasteiger partial charge < -0.3 is 11.1 Å². The summed E-state index contributed by atoms with van der Waals surface area (Å²) in [6, 6.07) is -0.413. The Morgan fingerprint density at radius 2 is 2.11 bits per heavy atom. The number of amides is 1. The zero-order valence-corrected chi connectivity index (χ0v) is 12.9. The van der Waals surface area contributed by atoms with Gasteiger partial charge in [0.05, 0.1) is 11.0 Å². The third kappa shape index (κ3) is 3.00. The standard InChI is InChI=1S/C15H24N2OS/c1-4-9(2)13(16)14(18)17-15-10(3)11-7-5-6-8-12(11)19-15/h9,13H,4-8,16H2,1-3H3,(H,17,18). The van der Waals surface area contributed by atoms with E-state index in [2.05, 4.69) is 19.2 Å². The molecule has 3 N–H and O–H groups in total. The van der Waals surface area contributed by atoms with E-state index in [1.54, 1.807) is 11.3 Å². The van der Waals surface area contributed by atoms with Crippen molar-refractivity contribution < 1.29 is 4.79 Å². The zero-order chi connectivity index (χ0) is 14.0. The van der Waals surface area contributed by atoms with Crippen molar-refractivity contribution in [2.45, 2.75) is 58.9 Å². The van der Waals surface area contributed by atoms with Gasteiger partial charge in [-0.15, -0.1) is 11.3 Å². The number of aryl methyl sites for hydroxylation is 1. The van der Waals surface area contributed by atoms with Crippen molar-refractivity contribution in [1.82, 2.24) is 0 Å². The quantitative estimate of drug-likeness (QED) is 0.889.